The average Bonchev–Trinajstić information content (AvgIpc) is 2.04. The minimum absolute atomic E-state index is 0.119. The van der Waals surface area contributed by atoms with Crippen LogP contribution in [0.3, 0.4) is 0 Å². The molecule has 0 aliphatic heterocycles. The van der Waals surface area contributed by atoms with Gasteiger partial charge in [-0.05, 0) is 23.6 Å². The summed E-state index contributed by atoms with van der Waals surface area (Å²) in [5.41, 5.74) is 5.59. The van der Waals surface area contributed by atoms with E-state index in [1.807, 2.05) is 0 Å². The Hall–Kier alpha value is -1.77. The summed E-state index contributed by atoms with van der Waals surface area (Å²) < 4.78 is 0. The number of hydrogen-bond donors (Lipinski definition) is 2. The molecule has 2 rings (SSSR count). The van der Waals surface area contributed by atoms with E-state index in [0.29, 0.717) is 5.82 Å². The van der Waals surface area contributed by atoms with Gasteiger partial charge < -0.3 is 10.8 Å². The lowest BCUT2D eigenvalue weighted by molar-refractivity contribution is 0.475. The van der Waals surface area contributed by atoms with Crippen LogP contribution in [0.25, 0.3) is 10.8 Å². The lowest BCUT2D eigenvalue weighted by Gasteiger charge is -1.99. The van der Waals surface area contributed by atoms with Crippen LogP contribution in [0, 0.1) is 6.07 Å². The van der Waals surface area contributed by atoms with Crippen LogP contribution >= 0.6 is 0 Å². The molecule has 0 atom stereocenters. The highest BCUT2D eigenvalue weighted by atomic mass is 16.3. The van der Waals surface area contributed by atoms with Crippen molar-refractivity contribution in [1.82, 2.24) is 4.98 Å². The van der Waals surface area contributed by atoms with Gasteiger partial charge in [0, 0.05) is 17.6 Å². The molecular weight excluding hydrogens is 152 g/mol. The maximum absolute atomic E-state index is 9.10. The van der Waals surface area contributed by atoms with Gasteiger partial charge in [-0.3, -0.25) is 0 Å². The first-order chi connectivity index (χ1) is 5.77. The summed E-state index contributed by atoms with van der Waals surface area (Å²) in [7, 11) is 0. The smallest absolute Gasteiger partial charge is 0.131 e. The Kier molecular flexibility index (Phi) is 1.37. The largest absolute Gasteiger partial charge is 0.507 e. The number of hydrogen-bond acceptors (Lipinski definition) is 3. The standard InChI is InChI=1S/C9H7N2O/c10-9-8-2-1-7(12)5-6(8)3-4-11-9/h2-5,12H,(H2,10,11). The molecule has 1 aromatic heterocycles. The minimum atomic E-state index is 0.119. The third-order valence-electron chi connectivity index (χ3n) is 1.71. The van der Waals surface area contributed by atoms with Gasteiger partial charge in [0.2, 0.25) is 0 Å². The monoisotopic (exact) mass is 159 g/mol. The first-order valence-corrected chi connectivity index (χ1v) is 3.52. The first-order valence-electron chi connectivity index (χ1n) is 3.52. The van der Waals surface area contributed by atoms with Gasteiger partial charge in [-0.2, -0.15) is 0 Å². The molecule has 0 aliphatic rings. The molecule has 1 heterocycles. The van der Waals surface area contributed by atoms with Gasteiger partial charge in [0.25, 0.3) is 0 Å². The normalized spacial score (nSPS) is 10.3. The number of rotatable bonds is 0. The summed E-state index contributed by atoms with van der Waals surface area (Å²) >= 11 is 0. The van der Waals surface area contributed by atoms with E-state index in [2.05, 4.69) is 11.1 Å². The lowest BCUT2D eigenvalue weighted by Crippen LogP contribution is -1.89. The molecule has 0 saturated carbocycles. The van der Waals surface area contributed by atoms with Gasteiger partial charge in [-0.15, -0.1) is 0 Å². The van der Waals surface area contributed by atoms with E-state index in [1.54, 1.807) is 24.4 Å². The highest BCUT2D eigenvalue weighted by Gasteiger charge is 1.98. The van der Waals surface area contributed by atoms with Gasteiger partial charge in [-0.1, -0.05) is 0 Å². The molecule has 3 N–H and O–H groups in total. The highest BCUT2D eigenvalue weighted by molar-refractivity contribution is 5.91. The van der Waals surface area contributed by atoms with Crippen LogP contribution in [0.15, 0.2) is 24.4 Å². The number of nitrogens with two attached hydrogens (primary N) is 1. The van der Waals surface area contributed by atoms with E-state index < -0.39 is 0 Å². The summed E-state index contributed by atoms with van der Waals surface area (Å²) in [5, 5.41) is 10.8. The van der Waals surface area contributed by atoms with Crippen molar-refractivity contribution in [2.75, 3.05) is 5.73 Å². The fourth-order valence-corrected chi connectivity index (χ4v) is 1.12. The predicted octanol–water partition coefficient (Wildman–Crippen LogP) is 1.32. The summed E-state index contributed by atoms with van der Waals surface area (Å²) in [5.74, 6) is 0.580. The minimum Gasteiger partial charge on any atom is -0.507 e. The van der Waals surface area contributed by atoms with Gasteiger partial charge in [0.05, 0.1) is 0 Å². The first kappa shape index (κ1) is 6.91. The zero-order valence-corrected chi connectivity index (χ0v) is 6.28. The summed E-state index contributed by atoms with van der Waals surface area (Å²) in [6, 6.07) is 7.68. The fourth-order valence-electron chi connectivity index (χ4n) is 1.12. The molecule has 1 radical (unpaired) electrons. The van der Waals surface area contributed by atoms with Crippen molar-refractivity contribution in [2.24, 2.45) is 0 Å². The maximum Gasteiger partial charge on any atom is 0.131 e. The second-order valence-electron chi connectivity index (χ2n) is 2.52. The van der Waals surface area contributed by atoms with Crippen molar-refractivity contribution in [1.29, 1.82) is 0 Å². The van der Waals surface area contributed by atoms with Crippen LogP contribution in [-0.4, -0.2) is 10.1 Å². The van der Waals surface area contributed by atoms with Gasteiger partial charge in [0.1, 0.15) is 11.6 Å². The average molecular weight is 159 g/mol. The summed E-state index contributed by atoms with van der Waals surface area (Å²) in [4.78, 5) is 3.91. The number of pyridine rings is 1. The molecule has 3 heteroatoms. The zero-order valence-electron chi connectivity index (χ0n) is 6.28. The van der Waals surface area contributed by atoms with Crippen LogP contribution < -0.4 is 5.73 Å². The number of fused-ring (bicyclic) bond motifs is 1. The molecule has 0 unspecified atom stereocenters. The van der Waals surface area contributed by atoms with E-state index >= 15 is 0 Å². The summed E-state index contributed by atoms with van der Waals surface area (Å²) in [6.07, 6.45) is 1.61. The number of phenolic OH excluding ortho intramolecular Hbond substituents is 1. The van der Waals surface area contributed by atoms with Crippen molar-refractivity contribution in [3.63, 3.8) is 0 Å². The number of nitrogen functional groups attached to an aromatic ring is 1. The number of nitrogens with zero attached hydrogens (tertiary/aromatic N) is 1. The Bertz CT molecular complexity index is 426. The van der Waals surface area contributed by atoms with Crippen LogP contribution in [0.4, 0.5) is 5.82 Å². The molecule has 59 valence electrons. The molecule has 0 bridgehead atoms. The van der Waals surface area contributed by atoms with Gasteiger partial charge in [0.15, 0.2) is 0 Å². The van der Waals surface area contributed by atoms with E-state index in [-0.39, 0.29) is 5.75 Å². The Labute approximate surface area is 69.5 Å². The third kappa shape index (κ3) is 0.955. The molecule has 2 aromatic rings. The number of aromatic hydroxyl groups is 1. The van der Waals surface area contributed by atoms with Crippen molar-refractivity contribution < 1.29 is 5.11 Å². The van der Waals surface area contributed by atoms with Crippen molar-refractivity contribution in [3.05, 3.63) is 30.5 Å². The Morgan fingerprint density at radius 2 is 2.33 bits per heavy atom. The van der Waals surface area contributed by atoms with E-state index in [4.69, 9.17) is 10.8 Å². The zero-order chi connectivity index (χ0) is 8.55. The molecule has 0 amide bonds. The third-order valence-corrected chi connectivity index (χ3v) is 1.71. The van der Waals surface area contributed by atoms with Gasteiger partial charge >= 0.3 is 0 Å². The SMILES string of the molecule is Nc1nccc2cc(O)[c]cc12. The molecule has 0 spiro atoms. The van der Waals surface area contributed by atoms with Crippen molar-refractivity contribution in [2.45, 2.75) is 0 Å². The van der Waals surface area contributed by atoms with Crippen LogP contribution in [0.1, 0.15) is 0 Å². The predicted molar refractivity (Wildman–Crippen MR) is 46.7 cm³/mol. The van der Waals surface area contributed by atoms with Crippen LogP contribution in [0.2, 0.25) is 0 Å². The second-order valence-corrected chi connectivity index (χ2v) is 2.52. The molecule has 3 nitrogen and oxygen atoms in total. The number of phenols is 1. The van der Waals surface area contributed by atoms with E-state index in [0.717, 1.165) is 10.8 Å². The number of benzene rings is 1. The van der Waals surface area contributed by atoms with Crippen LogP contribution in [-0.2, 0) is 0 Å². The lowest BCUT2D eigenvalue weighted by atomic mass is 10.1. The molecule has 1 aromatic carbocycles. The molecular formula is C9H7N2O. The van der Waals surface area contributed by atoms with E-state index in [9.17, 15) is 0 Å². The van der Waals surface area contributed by atoms with Crippen molar-refractivity contribution in [3.8, 4) is 5.75 Å². The topological polar surface area (TPSA) is 59.1 Å². The Morgan fingerprint density at radius 1 is 1.50 bits per heavy atom. The molecule has 12 heavy (non-hydrogen) atoms. The Balaban J connectivity index is 2.86. The molecule has 0 aliphatic carbocycles. The Morgan fingerprint density at radius 3 is 3.17 bits per heavy atom. The summed E-state index contributed by atoms with van der Waals surface area (Å²) in [6.45, 7) is 0. The highest BCUT2D eigenvalue weighted by Crippen LogP contribution is 2.21. The quantitative estimate of drug-likeness (QED) is 0.609. The number of aromatic nitrogens is 1. The van der Waals surface area contributed by atoms with E-state index in [1.165, 1.54) is 0 Å². The van der Waals surface area contributed by atoms with Crippen molar-refractivity contribution >= 4 is 16.6 Å². The maximum atomic E-state index is 9.10. The van der Waals surface area contributed by atoms with Crippen LogP contribution in [0.5, 0.6) is 5.75 Å². The van der Waals surface area contributed by atoms with Gasteiger partial charge in [-0.25, -0.2) is 4.98 Å². The number of anilines is 1. The second kappa shape index (κ2) is 2.37. The molecule has 0 saturated heterocycles. The fraction of sp³-hybridized carbons (Fsp3) is 0. The molecule has 0 fully saturated rings.